The predicted molar refractivity (Wildman–Crippen MR) is 95.2 cm³/mol. The van der Waals surface area contributed by atoms with Crippen molar-refractivity contribution in [2.24, 2.45) is 0 Å². The fourth-order valence-corrected chi connectivity index (χ4v) is 2.29. The van der Waals surface area contributed by atoms with Gasteiger partial charge >= 0.3 is 0 Å². The molecule has 4 nitrogen and oxygen atoms in total. The molecule has 5 heteroatoms. The summed E-state index contributed by atoms with van der Waals surface area (Å²) in [5, 5.41) is 2.89. The number of ether oxygens (including phenoxy) is 2. The normalized spacial score (nSPS) is 10.2. The highest BCUT2D eigenvalue weighted by atomic mass is 79.9. The molecule has 0 atom stereocenters. The van der Waals surface area contributed by atoms with Crippen LogP contribution in [0.5, 0.6) is 11.5 Å². The number of aryl methyl sites for hydroxylation is 1. The average Bonchev–Trinajstić information content (AvgIpc) is 2.55. The van der Waals surface area contributed by atoms with Crippen LogP contribution in [0, 0.1) is 6.92 Å². The maximum Gasteiger partial charge on any atom is 0.224 e. The van der Waals surface area contributed by atoms with E-state index in [2.05, 4.69) is 21.2 Å². The number of amides is 1. The minimum atomic E-state index is -0.00921. The molecular formula is C18H20BrNO3. The van der Waals surface area contributed by atoms with Gasteiger partial charge in [0.1, 0.15) is 11.5 Å². The van der Waals surface area contributed by atoms with Crippen molar-refractivity contribution in [1.82, 2.24) is 0 Å². The molecule has 2 aromatic carbocycles. The first-order valence-electron chi connectivity index (χ1n) is 7.41. The van der Waals surface area contributed by atoms with Crippen LogP contribution in [0.4, 0.5) is 5.69 Å². The third-order valence-electron chi connectivity index (χ3n) is 3.32. The van der Waals surface area contributed by atoms with Crippen molar-refractivity contribution in [2.75, 3.05) is 19.0 Å². The van der Waals surface area contributed by atoms with Crippen LogP contribution < -0.4 is 14.8 Å². The molecule has 0 unspecified atom stereocenters. The Kier molecular flexibility index (Phi) is 6.47. The first-order valence-corrected chi connectivity index (χ1v) is 8.20. The first kappa shape index (κ1) is 17.3. The van der Waals surface area contributed by atoms with Crippen molar-refractivity contribution in [3.8, 4) is 11.5 Å². The highest BCUT2D eigenvalue weighted by Crippen LogP contribution is 2.20. The van der Waals surface area contributed by atoms with Crippen LogP contribution in [0.2, 0.25) is 0 Å². The van der Waals surface area contributed by atoms with Gasteiger partial charge in [0.15, 0.2) is 0 Å². The summed E-state index contributed by atoms with van der Waals surface area (Å²) in [6.45, 7) is 2.49. The zero-order chi connectivity index (χ0) is 16.7. The summed E-state index contributed by atoms with van der Waals surface area (Å²) in [6, 6.07) is 13.1. The van der Waals surface area contributed by atoms with Crippen molar-refractivity contribution in [1.29, 1.82) is 0 Å². The SMILES string of the molecule is COc1ccc(OCCCC(=O)Nc2ccc(Br)c(C)c2)cc1. The average molecular weight is 378 g/mol. The van der Waals surface area contributed by atoms with Gasteiger partial charge in [-0.25, -0.2) is 0 Å². The van der Waals surface area contributed by atoms with E-state index in [1.54, 1.807) is 7.11 Å². The lowest BCUT2D eigenvalue weighted by Crippen LogP contribution is -2.12. The second kappa shape index (κ2) is 8.58. The number of carbonyl (C=O) groups excluding carboxylic acids is 1. The molecule has 1 amide bonds. The number of anilines is 1. The topological polar surface area (TPSA) is 47.6 Å². The molecule has 0 saturated heterocycles. The predicted octanol–water partition coefficient (Wildman–Crippen LogP) is 4.56. The zero-order valence-electron chi connectivity index (χ0n) is 13.3. The Labute approximate surface area is 144 Å². The van der Waals surface area contributed by atoms with Crippen molar-refractivity contribution in [3.05, 3.63) is 52.5 Å². The molecule has 122 valence electrons. The van der Waals surface area contributed by atoms with E-state index in [0.29, 0.717) is 19.4 Å². The van der Waals surface area contributed by atoms with Gasteiger partial charge in [0.05, 0.1) is 13.7 Å². The monoisotopic (exact) mass is 377 g/mol. The number of nitrogens with one attached hydrogen (secondary N) is 1. The van der Waals surface area contributed by atoms with Gasteiger partial charge in [-0.15, -0.1) is 0 Å². The quantitative estimate of drug-likeness (QED) is 0.719. The van der Waals surface area contributed by atoms with Crippen molar-refractivity contribution < 1.29 is 14.3 Å². The van der Waals surface area contributed by atoms with E-state index < -0.39 is 0 Å². The number of carbonyl (C=O) groups is 1. The lowest BCUT2D eigenvalue weighted by molar-refractivity contribution is -0.116. The van der Waals surface area contributed by atoms with Crippen molar-refractivity contribution in [2.45, 2.75) is 19.8 Å². The molecule has 0 aromatic heterocycles. The molecule has 2 aromatic rings. The summed E-state index contributed by atoms with van der Waals surface area (Å²) in [5.74, 6) is 1.56. The smallest absolute Gasteiger partial charge is 0.224 e. The summed E-state index contributed by atoms with van der Waals surface area (Å²) in [4.78, 5) is 11.9. The fourth-order valence-electron chi connectivity index (χ4n) is 2.04. The Morgan fingerprint density at radius 2 is 1.83 bits per heavy atom. The molecule has 0 aliphatic rings. The van der Waals surface area contributed by atoms with Crippen LogP contribution >= 0.6 is 15.9 Å². The molecular weight excluding hydrogens is 358 g/mol. The van der Waals surface area contributed by atoms with Crippen molar-refractivity contribution in [3.63, 3.8) is 0 Å². The third kappa shape index (κ3) is 5.60. The third-order valence-corrected chi connectivity index (χ3v) is 4.21. The van der Waals surface area contributed by atoms with Gasteiger partial charge in [-0.05, 0) is 61.4 Å². The van der Waals surface area contributed by atoms with Crippen LogP contribution in [0.15, 0.2) is 46.9 Å². The van der Waals surface area contributed by atoms with E-state index in [0.717, 1.165) is 27.2 Å². The number of benzene rings is 2. The van der Waals surface area contributed by atoms with Gasteiger partial charge < -0.3 is 14.8 Å². The highest BCUT2D eigenvalue weighted by Gasteiger charge is 2.04. The molecule has 0 heterocycles. The van der Waals surface area contributed by atoms with Crippen molar-refractivity contribution >= 4 is 27.5 Å². The Morgan fingerprint density at radius 1 is 1.13 bits per heavy atom. The second-order valence-corrected chi connectivity index (χ2v) is 5.99. The zero-order valence-corrected chi connectivity index (χ0v) is 14.9. The summed E-state index contributed by atoms with van der Waals surface area (Å²) in [5.41, 5.74) is 1.90. The number of rotatable bonds is 7. The minimum absolute atomic E-state index is 0.00921. The molecule has 0 aliphatic heterocycles. The Balaban J connectivity index is 1.70. The van der Waals surface area contributed by atoms with Gasteiger partial charge in [-0.2, -0.15) is 0 Å². The van der Waals surface area contributed by atoms with E-state index in [-0.39, 0.29) is 5.91 Å². The van der Waals surface area contributed by atoms with E-state index in [9.17, 15) is 4.79 Å². The van der Waals surface area contributed by atoms with Crippen LogP contribution in [-0.4, -0.2) is 19.6 Å². The number of halogens is 1. The number of hydrogen-bond acceptors (Lipinski definition) is 3. The first-order chi connectivity index (χ1) is 11.1. The molecule has 0 radical (unpaired) electrons. The summed E-state index contributed by atoms with van der Waals surface area (Å²) >= 11 is 3.44. The molecule has 0 saturated carbocycles. The largest absolute Gasteiger partial charge is 0.497 e. The van der Waals surface area contributed by atoms with Gasteiger partial charge in [-0.1, -0.05) is 15.9 Å². The Bertz CT molecular complexity index is 656. The molecule has 1 N–H and O–H groups in total. The van der Waals surface area contributed by atoms with E-state index in [4.69, 9.17) is 9.47 Å². The van der Waals surface area contributed by atoms with Gasteiger partial charge in [-0.3, -0.25) is 4.79 Å². The van der Waals surface area contributed by atoms with Gasteiger partial charge in [0.2, 0.25) is 5.91 Å². The summed E-state index contributed by atoms with van der Waals surface area (Å²) in [7, 11) is 1.63. The van der Waals surface area contributed by atoms with Crippen LogP contribution in [0.3, 0.4) is 0 Å². The lowest BCUT2D eigenvalue weighted by atomic mass is 10.2. The van der Waals surface area contributed by atoms with E-state index in [1.807, 2.05) is 49.4 Å². The Hall–Kier alpha value is -2.01. The molecule has 0 bridgehead atoms. The van der Waals surface area contributed by atoms with Gasteiger partial charge in [0.25, 0.3) is 0 Å². The summed E-state index contributed by atoms with van der Waals surface area (Å²) in [6.07, 6.45) is 1.08. The number of methoxy groups -OCH3 is 1. The second-order valence-electron chi connectivity index (χ2n) is 5.14. The highest BCUT2D eigenvalue weighted by molar-refractivity contribution is 9.10. The standard InChI is InChI=1S/C18H20BrNO3/c1-13-12-14(5-10-17(13)19)20-18(21)4-3-11-23-16-8-6-15(22-2)7-9-16/h5-10,12H,3-4,11H2,1-2H3,(H,20,21). The van der Waals surface area contributed by atoms with Gasteiger partial charge in [0, 0.05) is 16.6 Å². The minimum Gasteiger partial charge on any atom is -0.497 e. The molecule has 0 aliphatic carbocycles. The molecule has 23 heavy (non-hydrogen) atoms. The number of hydrogen-bond donors (Lipinski definition) is 1. The van der Waals surface area contributed by atoms with Crippen LogP contribution in [0.25, 0.3) is 0 Å². The fraction of sp³-hybridized carbons (Fsp3) is 0.278. The van der Waals surface area contributed by atoms with E-state index in [1.165, 1.54) is 0 Å². The molecule has 0 spiro atoms. The molecule has 2 rings (SSSR count). The summed E-state index contributed by atoms with van der Waals surface area (Å²) < 4.78 is 11.7. The van der Waals surface area contributed by atoms with Crippen LogP contribution in [0.1, 0.15) is 18.4 Å². The van der Waals surface area contributed by atoms with E-state index >= 15 is 0 Å². The molecule has 0 fully saturated rings. The van der Waals surface area contributed by atoms with Crippen LogP contribution in [-0.2, 0) is 4.79 Å². The lowest BCUT2D eigenvalue weighted by Gasteiger charge is -2.08. The maximum absolute atomic E-state index is 11.9. The maximum atomic E-state index is 11.9. The Morgan fingerprint density at radius 3 is 2.48 bits per heavy atom.